The van der Waals surface area contributed by atoms with E-state index in [4.69, 9.17) is 16.0 Å². The number of carbonyl (C=O) groups is 1. The van der Waals surface area contributed by atoms with Crippen LogP contribution in [0.5, 0.6) is 0 Å². The maximum Gasteiger partial charge on any atom is 0.300 e. The van der Waals surface area contributed by atoms with Crippen molar-refractivity contribution in [3.8, 4) is 0 Å². The monoisotopic (exact) mass is 374 g/mol. The molecule has 0 aliphatic carbocycles. The Morgan fingerprint density at radius 3 is 2.48 bits per heavy atom. The zero-order chi connectivity index (χ0) is 18.6. The number of nitrogens with one attached hydrogen (secondary N) is 1. The summed E-state index contributed by atoms with van der Waals surface area (Å²) in [7, 11) is 0. The van der Waals surface area contributed by atoms with Crippen molar-refractivity contribution in [1.29, 1.82) is 0 Å². The average Bonchev–Trinajstić information content (AvgIpc) is 3.10. The molecule has 132 valence electrons. The van der Waals surface area contributed by atoms with E-state index in [2.05, 4.69) is 10.3 Å². The topological polar surface area (TPSA) is 55.1 Å². The van der Waals surface area contributed by atoms with Crippen molar-refractivity contribution in [2.24, 2.45) is 0 Å². The summed E-state index contributed by atoms with van der Waals surface area (Å²) in [4.78, 5) is 16.7. The van der Waals surface area contributed by atoms with Crippen molar-refractivity contribution >= 4 is 46.3 Å². The molecule has 0 aliphatic rings. The molecule has 1 aromatic heterocycles. The Hall–Kier alpha value is -3.37. The lowest BCUT2D eigenvalue weighted by atomic mass is 10.1. The fraction of sp³-hybridized carbons (Fsp3) is 0. The zero-order valence-electron chi connectivity index (χ0n) is 14.2. The number of anilines is 2. The molecule has 1 heterocycles. The lowest BCUT2D eigenvalue weighted by Gasteiger charge is -2.02. The predicted octanol–water partition coefficient (Wildman–Crippen LogP) is 6.12. The summed E-state index contributed by atoms with van der Waals surface area (Å²) >= 11 is 6.10. The molecule has 4 aromatic rings. The van der Waals surface area contributed by atoms with Gasteiger partial charge in [-0.25, -0.2) is 0 Å². The summed E-state index contributed by atoms with van der Waals surface area (Å²) in [6.07, 6.45) is 3.24. The molecule has 0 fully saturated rings. The standard InChI is InChI=1S/C22H15ClN2O2/c23-18-6-2-1-5-15(18)11-14-20(26)16-9-12-17(13-10-16)24-22-25-19-7-3-4-8-21(19)27-22/h1-14H,(H,24,25)/b14-11+. The van der Waals surface area contributed by atoms with Gasteiger partial charge in [0.15, 0.2) is 11.4 Å². The highest BCUT2D eigenvalue weighted by molar-refractivity contribution is 6.32. The van der Waals surface area contributed by atoms with Gasteiger partial charge in [0.05, 0.1) is 0 Å². The highest BCUT2D eigenvalue weighted by atomic mass is 35.5. The van der Waals surface area contributed by atoms with Crippen LogP contribution in [0.25, 0.3) is 17.2 Å². The predicted molar refractivity (Wildman–Crippen MR) is 109 cm³/mol. The molecule has 0 spiro atoms. The van der Waals surface area contributed by atoms with E-state index < -0.39 is 0 Å². The summed E-state index contributed by atoms with van der Waals surface area (Å²) < 4.78 is 5.64. The first-order valence-corrected chi connectivity index (χ1v) is 8.76. The number of fused-ring (bicyclic) bond motifs is 1. The van der Waals surface area contributed by atoms with Gasteiger partial charge in [-0.15, -0.1) is 0 Å². The van der Waals surface area contributed by atoms with Gasteiger partial charge in [-0.1, -0.05) is 41.9 Å². The van der Waals surface area contributed by atoms with E-state index in [9.17, 15) is 4.79 Å². The van der Waals surface area contributed by atoms with Gasteiger partial charge >= 0.3 is 0 Å². The second-order valence-corrected chi connectivity index (χ2v) is 6.32. The van der Waals surface area contributed by atoms with Gasteiger partial charge in [0, 0.05) is 16.3 Å². The number of hydrogen-bond donors (Lipinski definition) is 1. The van der Waals surface area contributed by atoms with Crippen LogP contribution in [0.2, 0.25) is 5.02 Å². The average molecular weight is 375 g/mol. The first kappa shape index (κ1) is 17.1. The normalized spacial score (nSPS) is 11.1. The molecule has 27 heavy (non-hydrogen) atoms. The first-order valence-electron chi connectivity index (χ1n) is 8.39. The van der Waals surface area contributed by atoms with E-state index in [0.29, 0.717) is 16.6 Å². The van der Waals surface area contributed by atoms with E-state index in [0.717, 1.165) is 22.4 Å². The number of para-hydroxylation sites is 2. The molecule has 4 rings (SSSR count). The van der Waals surface area contributed by atoms with Crippen molar-refractivity contribution in [1.82, 2.24) is 4.98 Å². The molecule has 0 bridgehead atoms. The minimum Gasteiger partial charge on any atom is -0.423 e. The summed E-state index contributed by atoms with van der Waals surface area (Å²) in [5, 5.41) is 3.71. The zero-order valence-corrected chi connectivity index (χ0v) is 15.0. The van der Waals surface area contributed by atoms with Gasteiger partial charge in [0.25, 0.3) is 6.01 Å². The minimum absolute atomic E-state index is 0.0941. The number of hydrogen-bond acceptors (Lipinski definition) is 4. The molecule has 0 saturated carbocycles. The van der Waals surface area contributed by atoms with Crippen molar-refractivity contribution in [2.75, 3.05) is 5.32 Å². The largest absolute Gasteiger partial charge is 0.423 e. The number of carbonyl (C=O) groups excluding carboxylic acids is 1. The lowest BCUT2D eigenvalue weighted by molar-refractivity contribution is 0.104. The molecule has 3 aromatic carbocycles. The van der Waals surface area contributed by atoms with E-state index >= 15 is 0 Å². The third-order valence-corrected chi connectivity index (χ3v) is 4.38. The molecule has 0 aliphatic heterocycles. The molecular weight excluding hydrogens is 360 g/mol. The Balaban J connectivity index is 1.46. The molecule has 0 saturated heterocycles. The van der Waals surface area contributed by atoms with Crippen molar-refractivity contribution in [3.05, 3.63) is 95.0 Å². The van der Waals surface area contributed by atoms with Crippen LogP contribution >= 0.6 is 11.6 Å². The van der Waals surface area contributed by atoms with E-state index in [1.54, 1.807) is 24.3 Å². The summed E-state index contributed by atoms with van der Waals surface area (Å²) in [6, 6.07) is 22.5. The number of oxazole rings is 1. The van der Waals surface area contributed by atoms with Gasteiger partial charge in [-0.2, -0.15) is 4.98 Å². The lowest BCUT2D eigenvalue weighted by Crippen LogP contribution is -1.95. The van der Waals surface area contributed by atoms with Crippen molar-refractivity contribution < 1.29 is 9.21 Å². The van der Waals surface area contributed by atoms with Crippen LogP contribution in [0.1, 0.15) is 15.9 Å². The fourth-order valence-corrected chi connectivity index (χ4v) is 2.84. The smallest absolute Gasteiger partial charge is 0.300 e. The summed E-state index contributed by atoms with van der Waals surface area (Å²) in [5.74, 6) is -0.0941. The van der Waals surface area contributed by atoms with Gasteiger partial charge < -0.3 is 9.73 Å². The SMILES string of the molecule is O=C(/C=C/c1ccccc1Cl)c1ccc(Nc2nc3ccccc3o2)cc1. The van der Waals surface area contributed by atoms with E-state index in [1.165, 1.54) is 6.08 Å². The van der Waals surface area contributed by atoms with E-state index in [-0.39, 0.29) is 5.78 Å². The van der Waals surface area contributed by atoms with Gasteiger partial charge in [-0.3, -0.25) is 4.79 Å². The minimum atomic E-state index is -0.0941. The highest BCUT2D eigenvalue weighted by Crippen LogP contribution is 2.22. The third kappa shape index (κ3) is 3.91. The Bertz CT molecular complexity index is 1100. The Labute approximate surface area is 161 Å². The maximum absolute atomic E-state index is 12.3. The first-order chi connectivity index (χ1) is 13.2. The molecule has 0 amide bonds. The number of benzene rings is 3. The van der Waals surface area contributed by atoms with Gasteiger partial charge in [-0.05, 0) is 60.2 Å². The van der Waals surface area contributed by atoms with Crippen LogP contribution in [0.3, 0.4) is 0 Å². The third-order valence-electron chi connectivity index (χ3n) is 4.03. The molecule has 4 nitrogen and oxygen atoms in total. The Morgan fingerprint density at radius 2 is 1.70 bits per heavy atom. The van der Waals surface area contributed by atoms with Gasteiger partial charge in [0.2, 0.25) is 0 Å². The summed E-state index contributed by atoms with van der Waals surface area (Å²) in [6.45, 7) is 0. The number of allylic oxidation sites excluding steroid dienone is 1. The van der Waals surface area contributed by atoms with Crippen molar-refractivity contribution in [2.45, 2.75) is 0 Å². The molecule has 0 radical (unpaired) electrons. The Kier molecular flexibility index (Phi) is 4.73. The number of ketones is 1. The molecule has 5 heteroatoms. The van der Waals surface area contributed by atoms with Crippen molar-refractivity contribution in [3.63, 3.8) is 0 Å². The molecule has 0 atom stereocenters. The number of rotatable bonds is 5. The number of halogens is 1. The van der Waals surface area contributed by atoms with E-state index in [1.807, 2.05) is 54.6 Å². The fourth-order valence-electron chi connectivity index (χ4n) is 2.64. The van der Waals surface area contributed by atoms with Crippen LogP contribution in [0.15, 0.2) is 83.3 Å². The molecule has 1 N–H and O–H groups in total. The highest BCUT2D eigenvalue weighted by Gasteiger charge is 2.06. The van der Waals surface area contributed by atoms with Crippen LogP contribution in [-0.4, -0.2) is 10.8 Å². The molecular formula is C22H15ClN2O2. The van der Waals surface area contributed by atoms with Crippen LogP contribution in [-0.2, 0) is 0 Å². The number of nitrogens with zero attached hydrogens (tertiary/aromatic N) is 1. The summed E-state index contributed by atoms with van der Waals surface area (Å²) in [5.41, 5.74) is 3.68. The molecule has 0 unspecified atom stereocenters. The second kappa shape index (κ2) is 7.48. The Morgan fingerprint density at radius 1 is 0.963 bits per heavy atom. The van der Waals surface area contributed by atoms with Gasteiger partial charge in [0.1, 0.15) is 5.52 Å². The van der Waals surface area contributed by atoms with Crippen LogP contribution in [0, 0.1) is 0 Å². The maximum atomic E-state index is 12.3. The number of aromatic nitrogens is 1. The quantitative estimate of drug-likeness (QED) is 0.337. The van der Waals surface area contributed by atoms with Crippen LogP contribution in [0.4, 0.5) is 11.7 Å². The van der Waals surface area contributed by atoms with Crippen LogP contribution < -0.4 is 5.32 Å². The second-order valence-electron chi connectivity index (χ2n) is 5.91.